The largest absolute Gasteiger partial charge is 0.314 e. The van der Waals surface area contributed by atoms with E-state index in [0.717, 1.165) is 30.4 Å². The van der Waals surface area contributed by atoms with Gasteiger partial charge in [-0.05, 0) is 51.8 Å². The van der Waals surface area contributed by atoms with Crippen LogP contribution in [0.4, 0.5) is 0 Å². The van der Waals surface area contributed by atoms with Crippen molar-refractivity contribution >= 4 is 73.8 Å². The topological polar surface area (TPSA) is 59.3 Å². The van der Waals surface area contributed by atoms with Crippen LogP contribution in [0.25, 0.3) is 11.0 Å². The molecule has 0 atom stereocenters. The minimum Gasteiger partial charge on any atom is -0.314 e. The molecule has 9 heteroatoms. The van der Waals surface area contributed by atoms with Crippen LogP contribution in [0.15, 0.2) is 74.7 Å². The molecule has 0 unspecified atom stereocenters. The van der Waals surface area contributed by atoms with Crippen molar-refractivity contribution in [3.8, 4) is 0 Å². The van der Waals surface area contributed by atoms with E-state index < -0.39 is 0 Å². The van der Waals surface area contributed by atoms with Gasteiger partial charge in [-0.3, -0.25) is 4.79 Å². The Morgan fingerprint density at radius 3 is 2.80 bits per heavy atom. The molecule has 152 valence electrons. The van der Waals surface area contributed by atoms with E-state index in [2.05, 4.69) is 31.0 Å². The first-order valence-corrected chi connectivity index (χ1v) is 12.0. The van der Waals surface area contributed by atoms with Crippen LogP contribution in [0.5, 0.6) is 0 Å². The van der Waals surface area contributed by atoms with E-state index in [0.29, 0.717) is 11.6 Å². The number of hydrogen-bond acceptors (Lipinski definition) is 5. The van der Waals surface area contributed by atoms with Crippen LogP contribution in [-0.2, 0) is 11.3 Å². The molecule has 1 N–H and O–H groups in total. The number of para-hydroxylation sites is 2. The summed E-state index contributed by atoms with van der Waals surface area (Å²) in [4.78, 5) is 17.9. The van der Waals surface area contributed by atoms with Crippen LogP contribution in [0.3, 0.4) is 0 Å². The van der Waals surface area contributed by atoms with Crippen molar-refractivity contribution in [1.82, 2.24) is 15.0 Å². The molecule has 0 bridgehead atoms. The normalized spacial score (nSPS) is 11.4. The SMILES string of the molecule is O=C(CSc1nc2ccccc2n1Cc1ccccc1Cl)NN=Cc1ccc(Br)s1. The van der Waals surface area contributed by atoms with Crippen LogP contribution in [0, 0.1) is 0 Å². The molecule has 5 nitrogen and oxygen atoms in total. The third kappa shape index (κ3) is 5.13. The third-order valence-electron chi connectivity index (χ3n) is 4.21. The second-order valence-electron chi connectivity index (χ2n) is 6.28. The molecule has 0 aliphatic rings. The highest BCUT2D eigenvalue weighted by molar-refractivity contribution is 9.11. The number of carbonyl (C=O) groups is 1. The van der Waals surface area contributed by atoms with Crippen molar-refractivity contribution in [2.24, 2.45) is 5.10 Å². The second kappa shape index (κ2) is 9.78. The van der Waals surface area contributed by atoms with Crippen molar-refractivity contribution < 1.29 is 4.79 Å². The first kappa shape index (κ1) is 21.1. The summed E-state index contributed by atoms with van der Waals surface area (Å²) in [5, 5.41) is 5.49. The number of imidazole rings is 1. The number of amides is 1. The number of nitrogens with zero attached hydrogens (tertiary/aromatic N) is 3. The lowest BCUT2D eigenvalue weighted by Crippen LogP contribution is -2.20. The summed E-state index contributed by atoms with van der Waals surface area (Å²) in [5.41, 5.74) is 5.45. The zero-order chi connectivity index (χ0) is 20.9. The zero-order valence-electron chi connectivity index (χ0n) is 15.6. The Morgan fingerprint density at radius 1 is 1.20 bits per heavy atom. The Morgan fingerprint density at radius 2 is 2.00 bits per heavy atom. The highest BCUT2D eigenvalue weighted by atomic mass is 79.9. The molecule has 0 saturated heterocycles. The Balaban J connectivity index is 1.47. The van der Waals surface area contributed by atoms with Crippen molar-refractivity contribution in [2.75, 3.05) is 5.75 Å². The number of thiophene rings is 1. The molecule has 4 rings (SSSR count). The van der Waals surface area contributed by atoms with Gasteiger partial charge >= 0.3 is 0 Å². The molecule has 2 heterocycles. The molecule has 0 aliphatic carbocycles. The Labute approximate surface area is 195 Å². The number of hydrazone groups is 1. The molecule has 2 aromatic heterocycles. The van der Waals surface area contributed by atoms with Gasteiger partial charge in [-0.25, -0.2) is 10.4 Å². The van der Waals surface area contributed by atoms with Crippen LogP contribution >= 0.6 is 50.6 Å². The summed E-state index contributed by atoms with van der Waals surface area (Å²) in [6, 6.07) is 19.5. The van der Waals surface area contributed by atoms with E-state index in [1.165, 1.54) is 11.8 Å². The molecule has 1 amide bonds. The van der Waals surface area contributed by atoms with Crippen molar-refractivity contribution in [3.63, 3.8) is 0 Å². The van der Waals surface area contributed by atoms with Gasteiger partial charge in [-0.2, -0.15) is 5.10 Å². The van der Waals surface area contributed by atoms with Crippen LogP contribution < -0.4 is 5.43 Å². The monoisotopic (exact) mass is 518 g/mol. The number of aromatic nitrogens is 2. The first-order valence-electron chi connectivity index (χ1n) is 8.99. The number of nitrogens with one attached hydrogen (secondary N) is 1. The number of rotatable bonds is 7. The summed E-state index contributed by atoms with van der Waals surface area (Å²) in [6.45, 7) is 0.579. The first-order chi connectivity index (χ1) is 14.6. The number of halogens is 2. The minimum absolute atomic E-state index is 0.191. The molecule has 0 fully saturated rings. The zero-order valence-corrected chi connectivity index (χ0v) is 19.6. The lowest BCUT2D eigenvalue weighted by atomic mass is 10.2. The number of thioether (sulfide) groups is 1. The van der Waals surface area contributed by atoms with Gasteiger partial charge in [0.2, 0.25) is 0 Å². The fraction of sp³-hybridized carbons (Fsp3) is 0.0952. The number of benzene rings is 2. The maximum absolute atomic E-state index is 12.2. The van der Waals surface area contributed by atoms with Crippen LogP contribution in [-0.4, -0.2) is 27.4 Å². The minimum atomic E-state index is -0.191. The number of hydrogen-bond donors (Lipinski definition) is 1. The van der Waals surface area contributed by atoms with Crippen molar-refractivity contribution in [2.45, 2.75) is 11.7 Å². The summed E-state index contributed by atoms with van der Waals surface area (Å²) in [7, 11) is 0. The van der Waals surface area contributed by atoms with Crippen molar-refractivity contribution in [1.29, 1.82) is 0 Å². The lowest BCUT2D eigenvalue weighted by molar-refractivity contribution is -0.118. The van der Waals surface area contributed by atoms with E-state index >= 15 is 0 Å². The summed E-state index contributed by atoms with van der Waals surface area (Å²) >= 11 is 12.7. The molecule has 4 aromatic rings. The van der Waals surface area contributed by atoms with E-state index in [-0.39, 0.29) is 11.7 Å². The van der Waals surface area contributed by atoms with Gasteiger partial charge in [0.15, 0.2) is 5.16 Å². The third-order valence-corrected chi connectivity index (χ3v) is 7.12. The number of carbonyl (C=O) groups excluding carboxylic acids is 1. The van der Waals surface area contributed by atoms with Crippen molar-refractivity contribution in [3.05, 3.63) is 79.9 Å². The molecule has 0 saturated carbocycles. The molecule has 0 radical (unpaired) electrons. The lowest BCUT2D eigenvalue weighted by Gasteiger charge is -2.10. The molecule has 0 aliphatic heterocycles. The van der Waals surface area contributed by atoms with E-state index in [1.54, 1.807) is 17.6 Å². The average Bonchev–Trinajstić information content (AvgIpc) is 3.31. The molecular weight excluding hydrogens is 504 g/mol. The Kier molecular flexibility index (Phi) is 6.89. The van der Waals surface area contributed by atoms with Gasteiger partial charge in [-0.1, -0.05) is 53.7 Å². The second-order valence-corrected chi connectivity index (χ2v) is 10.1. The standard InChI is InChI=1S/C21H16BrClN4OS2/c22-19-10-9-15(30-19)11-24-26-20(28)13-29-21-25-17-7-3-4-8-18(17)27(21)12-14-5-1-2-6-16(14)23/h1-11H,12-13H2,(H,26,28). The van der Waals surface area contributed by atoms with Crippen LogP contribution in [0.2, 0.25) is 5.02 Å². The average molecular weight is 520 g/mol. The maximum atomic E-state index is 12.2. The highest BCUT2D eigenvalue weighted by Gasteiger charge is 2.14. The van der Waals surface area contributed by atoms with Gasteiger partial charge in [0, 0.05) is 9.90 Å². The Hall–Kier alpha value is -2.13. The predicted molar refractivity (Wildman–Crippen MR) is 129 cm³/mol. The summed E-state index contributed by atoms with van der Waals surface area (Å²) in [5.74, 6) is 0.0142. The smallest absolute Gasteiger partial charge is 0.250 e. The maximum Gasteiger partial charge on any atom is 0.250 e. The van der Waals surface area contributed by atoms with E-state index in [9.17, 15) is 4.79 Å². The van der Waals surface area contributed by atoms with E-state index in [1.807, 2.05) is 60.7 Å². The van der Waals surface area contributed by atoms with Gasteiger partial charge in [0.25, 0.3) is 5.91 Å². The van der Waals surface area contributed by atoms with Gasteiger partial charge in [0.1, 0.15) is 0 Å². The Bertz CT molecular complexity index is 1220. The summed E-state index contributed by atoms with van der Waals surface area (Å²) < 4.78 is 3.10. The number of fused-ring (bicyclic) bond motifs is 1. The highest BCUT2D eigenvalue weighted by Crippen LogP contribution is 2.27. The van der Waals surface area contributed by atoms with Gasteiger partial charge in [-0.15, -0.1) is 11.3 Å². The molecule has 0 spiro atoms. The fourth-order valence-electron chi connectivity index (χ4n) is 2.84. The molecule has 30 heavy (non-hydrogen) atoms. The summed E-state index contributed by atoms with van der Waals surface area (Å²) in [6.07, 6.45) is 1.63. The molecule has 2 aromatic carbocycles. The van der Waals surface area contributed by atoms with Gasteiger partial charge < -0.3 is 4.57 Å². The van der Waals surface area contributed by atoms with E-state index in [4.69, 9.17) is 16.6 Å². The molecular formula is C21H16BrClN4OS2. The fourth-order valence-corrected chi connectivity index (χ4v) is 5.14. The van der Waals surface area contributed by atoms with Crippen LogP contribution in [0.1, 0.15) is 10.4 Å². The quantitative estimate of drug-likeness (QED) is 0.191. The predicted octanol–water partition coefficient (Wildman–Crippen LogP) is 5.80. The van der Waals surface area contributed by atoms with Gasteiger partial charge in [0.05, 0.1) is 33.3 Å².